The lowest BCUT2D eigenvalue weighted by molar-refractivity contribution is 0.171. The van der Waals surface area contributed by atoms with Crippen LogP contribution in [-0.2, 0) is 10.0 Å². The Hall–Kier alpha value is -2.25. The van der Waals surface area contributed by atoms with E-state index in [1.807, 2.05) is 18.2 Å². The van der Waals surface area contributed by atoms with Gasteiger partial charge in [-0.05, 0) is 36.6 Å². The Balaban J connectivity index is 1.38. The number of nitrogens with one attached hydrogen (secondary N) is 1. The van der Waals surface area contributed by atoms with Crippen molar-refractivity contribution in [3.05, 3.63) is 48.5 Å². The van der Waals surface area contributed by atoms with Crippen molar-refractivity contribution in [3.63, 3.8) is 0 Å². The second-order valence-electron chi connectivity index (χ2n) is 6.59. The van der Waals surface area contributed by atoms with Gasteiger partial charge in [0.2, 0.25) is 10.0 Å². The molecular formula is C19H22N2O4S. The van der Waals surface area contributed by atoms with Gasteiger partial charge in [-0.3, -0.25) is 0 Å². The lowest BCUT2D eigenvalue weighted by Gasteiger charge is -2.20. The summed E-state index contributed by atoms with van der Waals surface area (Å²) in [6.45, 7) is 3.15. The average Bonchev–Trinajstić information content (AvgIpc) is 3.16. The van der Waals surface area contributed by atoms with Crippen LogP contribution in [-0.4, -0.2) is 41.3 Å². The van der Waals surface area contributed by atoms with Crippen LogP contribution >= 0.6 is 0 Å². The standard InChI is InChI=1S/C19H22N2O4S/c22-26(23,17-6-7-18-19(12-17)25-11-10-24-18)20-13-15-8-9-21(14-15)16-4-2-1-3-5-16/h1-7,12,15,20H,8-11,13-14H2/t15-/m1/s1. The predicted octanol–water partition coefficient (Wildman–Crippen LogP) is 2.26. The fraction of sp³-hybridized carbons (Fsp3) is 0.368. The summed E-state index contributed by atoms with van der Waals surface area (Å²) in [5, 5.41) is 0. The highest BCUT2D eigenvalue weighted by Crippen LogP contribution is 2.32. The van der Waals surface area contributed by atoms with Crippen LogP contribution in [0.5, 0.6) is 11.5 Å². The molecule has 2 aromatic carbocycles. The topological polar surface area (TPSA) is 67.9 Å². The Morgan fingerprint density at radius 1 is 1.04 bits per heavy atom. The van der Waals surface area contributed by atoms with Crippen LogP contribution in [0, 0.1) is 5.92 Å². The third-order valence-corrected chi connectivity index (χ3v) is 6.21. The maximum Gasteiger partial charge on any atom is 0.240 e. The van der Waals surface area contributed by atoms with Gasteiger partial charge in [0.25, 0.3) is 0 Å². The van der Waals surface area contributed by atoms with Crippen molar-refractivity contribution < 1.29 is 17.9 Å². The highest BCUT2D eigenvalue weighted by molar-refractivity contribution is 7.89. The Kier molecular flexibility index (Phi) is 4.74. The van der Waals surface area contributed by atoms with Crippen LogP contribution in [0.4, 0.5) is 5.69 Å². The molecule has 0 aromatic heterocycles. The number of nitrogens with zero attached hydrogens (tertiary/aromatic N) is 1. The molecule has 0 bridgehead atoms. The van der Waals surface area contributed by atoms with E-state index in [2.05, 4.69) is 21.8 Å². The van der Waals surface area contributed by atoms with Crippen molar-refractivity contribution in [1.82, 2.24) is 4.72 Å². The monoisotopic (exact) mass is 374 g/mol. The first-order valence-electron chi connectivity index (χ1n) is 8.81. The first-order chi connectivity index (χ1) is 12.6. The van der Waals surface area contributed by atoms with Gasteiger partial charge in [-0.25, -0.2) is 13.1 Å². The van der Waals surface area contributed by atoms with Gasteiger partial charge in [-0.1, -0.05) is 18.2 Å². The molecule has 6 nitrogen and oxygen atoms in total. The summed E-state index contributed by atoms with van der Waals surface area (Å²) >= 11 is 0. The van der Waals surface area contributed by atoms with Crippen molar-refractivity contribution in [3.8, 4) is 11.5 Å². The van der Waals surface area contributed by atoms with Crippen LogP contribution in [0.1, 0.15) is 6.42 Å². The summed E-state index contributed by atoms with van der Waals surface area (Å²) in [4.78, 5) is 2.50. The van der Waals surface area contributed by atoms with Crippen LogP contribution in [0.3, 0.4) is 0 Å². The number of anilines is 1. The van der Waals surface area contributed by atoms with Gasteiger partial charge in [-0.2, -0.15) is 0 Å². The molecule has 0 unspecified atom stereocenters. The van der Waals surface area contributed by atoms with Gasteiger partial charge in [0, 0.05) is 31.4 Å². The summed E-state index contributed by atoms with van der Waals surface area (Å²) in [6, 6.07) is 14.9. The normalized spacial score (nSPS) is 19.5. The van der Waals surface area contributed by atoms with E-state index in [1.54, 1.807) is 12.1 Å². The minimum atomic E-state index is -3.57. The number of hydrogen-bond donors (Lipinski definition) is 1. The van der Waals surface area contributed by atoms with Gasteiger partial charge in [0.15, 0.2) is 11.5 Å². The largest absolute Gasteiger partial charge is 0.486 e. The van der Waals surface area contributed by atoms with Crippen molar-refractivity contribution in [2.24, 2.45) is 5.92 Å². The van der Waals surface area contributed by atoms with Crippen molar-refractivity contribution in [2.45, 2.75) is 11.3 Å². The molecule has 0 aliphatic carbocycles. The Morgan fingerprint density at radius 3 is 2.62 bits per heavy atom. The highest BCUT2D eigenvalue weighted by Gasteiger charge is 2.25. The second kappa shape index (κ2) is 7.17. The molecular weight excluding hydrogens is 352 g/mol. The van der Waals surface area contributed by atoms with E-state index in [-0.39, 0.29) is 4.90 Å². The number of fused-ring (bicyclic) bond motifs is 1. The summed E-state index contributed by atoms with van der Waals surface area (Å²) in [5.41, 5.74) is 1.18. The van der Waals surface area contributed by atoms with E-state index in [1.165, 1.54) is 11.8 Å². The maximum atomic E-state index is 12.6. The van der Waals surface area contributed by atoms with E-state index in [0.717, 1.165) is 19.5 Å². The number of para-hydroxylation sites is 1. The first kappa shape index (κ1) is 17.2. The highest BCUT2D eigenvalue weighted by atomic mass is 32.2. The van der Waals surface area contributed by atoms with Crippen molar-refractivity contribution in [1.29, 1.82) is 0 Å². The molecule has 1 saturated heterocycles. The van der Waals surface area contributed by atoms with Crippen LogP contribution in [0.2, 0.25) is 0 Å². The average molecular weight is 374 g/mol. The van der Waals surface area contributed by atoms with Crippen LogP contribution < -0.4 is 19.1 Å². The fourth-order valence-corrected chi connectivity index (χ4v) is 4.51. The molecule has 0 radical (unpaired) electrons. The summed E-state index contributed by atoms with van der Waals surface area (Å²) in [6.07, 6.45) is 0.971. The van der Waals surface area contributed by atoms with Gasteiger partial charge in [-0.15, -0.1) is 0 Å². The van der Waals surface area contributed by atoms with E-state index in [0.29, 0.717) is 37.2 Å². The molecule has 2 aliphatic rings. The molecule has 1 atom stereocenters. The third-order valence-electron chi connectivity index (χ3n) is 4.79. The number of hydrogen-bond acceptors (Lipinski definition) is 5. The van der Waals surface area contributed by atoms with E-state index >= 15 is 0 Å². The minimum Gasteiger partial charge on any atom is -0.486 e. The zero-order chi connectivity index (χ0) is 18.0. The Labute approximate surface area is 153 Å². The van der Waals surface area contributed by atoms with E-state index in [4.69, 9.17) is 9.47 Å². The number of rotatable bonds is 5. The zero-order valence-electron chi connectivity index (χ0n) is 14.4. The SMILES string of the molecule is O=S(=O)(NC[C@H]1CCN(c2ccccc2)C1)c1ccc2c(c1)OCCO2. The summed E-state index contributed by atoms with van der Waals surface area (Å²) < 4.78 is 38.9. The number of benzene rings is 2. The molecule has 138 valence electrons. The quantitative estimate of drug-likeness (QED) is 0.870. The molecule has 1 N–H and O–H groups in total. The van der Waals surface area contributed by atoms with Gasteiger partial charge >= 0.3 is 0 Å². The van der Waals surface area contributed by atoms with Gasteiger partial charge in [0.05, 0.1) is 4.90 Å². The lowest BCUT2D eigenvalue weighted by Crippen LogP contribution is -2.31. The Bertz CT molecular complexity index is 870. The van der Waals surface area contributed by atoms with Crippen LogP contribution in [0.15, 0.2) is 53.4 Å². The lowest BCUT2D eigenvalue weighted by atomic mass is 10.1. The van der Waals surface area contributed by atoms with E-state index < -0.39 is 10.0 Å². The summed E-state index contributed by atoms with van der Waals surface area (Å²) in [7, 11) is -3.57. The first-order valence-corrected chi connectivity index (χ1v) is 10.3. The molecule has 2 aromatic rings. The molecule has 1 fully saturated rings. The molecule has 0 spiro atoms. The predicted molar refractivity (Wildman–Crippen MR) is 99.4 cm³/mol. The van der Waals surface area contributed by atoms with Gasteiger partial charge < -0.3 is 14.4 Å². The molecule has 7 heteroatoms. The Morgan fingerprint density at radius 2 is 1.81 bits per heavy atom. The number of ether oxygens (including phenoxy) is 2. The van der Waals surface area contributed by atoms with E-state index in [9.17, 15) is 8.42 Å². The number of sulfonamides is 1. The molecule has 2 aliphatic heterocycles. The molecule has 0 amide bonds. The molecule has 0 saturated carbocycles. The zero-order valence-corrected chi connectivity index (χ0v) is 15.2. The summed E-state index contributed by atoms with van der Waals surface area (Å²) in [5.74, 6) is 1.36. The molecule has 2 heterocycles. The van der Waals surface area contributed by atoms with Crippen molar-refractivity contribution in [2.75, 3.05) is 37.7 Å². The molecule has 26 heavy (non-hydrogen) atoms. The molecule has 4 rings (SSSR count). The third kappa shape index (κ3) is 3.64. The second-order valence-corrected chi connectivity index (χ2v) is 8.36. The van der Waals surface area contributed by atoms with Gasteiger partial charge in [0.1, 0.15) is 13.2 Å². The smallest absolute Gasteiger partial charge is 0.240 e. The van der Waals surface area contributed by atoms with Crippen LogP contribution in [0.25, 0.3) is 0 Å². The minimum absolute atomic E-state index is 0.208. The van der Waals surface area contributed by atoms with Crippen molar-refractivity contribution >= 4 is 15.7 Å². The fourth-order valence-electron chi connectivity index (χ4n) is 3.37. The maximum absolute atomic E-state index is 12.6.